The Bertz CT molecular complexity index is 811. The molecule has 1 aromatic carbocycles. The number of hydrogen-bond acceptors (Lipinski definition) is 4. The van der Waals surface area contributed by atoms with E-state index in [0.717, 1.165) is 22.7 Å². The minimum absolute atomic E-state index is 0. The number of halogens is 1. The van der Waals surface area contributed by atoms with Crippen molar-refractivity contribution in [2.75, 3.05) is 7.05 Å². The molecular weight excluding hydrogens is 431 g/mol. The van der Waals surface area contributed by atoms with Gasteiger partial charge in [0.15, 0.2) is 11.7 Å². The van der Waals surface area contributed by atoms with Gasteiger partial charge in [0.05, 0.1) is 18.8 Å². The summed E-state index contributed by atoms with van der Waals surface area (Å²) in [6, 6.07) is 13.8. The van der Waals surface area contributed by atoms with E-state index < -0.39 is 0 Å². The normalized spacial score (nSPS) is 11.0. The molecule has 3 aromatic rings. The molecule has 0 amide bonds. The molecule has 0 unspecified atom stereocenters. The molecule has 2 heterocycles. The molecule has 0 saturated heterocycles. The topological polar surface area (TPSA) is 80.3 Å². The van der Waals surface area contributed by atoms with E-state index in [0.29, 0.717) is 19.0 Å². The molecule has 0 aliphatic heterocycles. The Morgan fingerprint density at radius 2 is 1.92 bits per heavy atom. The van der Waals surface area contributed by atoms with Crippen molar-refractivity contribution in [3.63, 3.8) is 0 Å². The second-order valence-electron chi connectivity index (χ2n) is 5.27. The first-order valence-electron chi connectivity index (χ1n) is 7.68. The van der Waals surface area contributed by atoms with Crippen LogP contribution in [-0.2, 0) is 20.1 Å². The van der Waals surface area contributed by atoms with Gasteiger partial charge in [0.1, 0.15) is 5.69 Å². The third-order valence-electron chi connectivity index (χ3n) is 3.64. The first-order chi connectivity index (χ1) is 11.8. The van der Waals surface area contributed by atoms with E-state index in [1.54, 1.807) is 13.2 Å². The molecule has 0 atom stereocenters. The molecule has 2 aromatic heterocycles. The monoisotopic (exact) mass is 452 g/mol. The van der Waals surface area contributed by atoms with Crippen molar-refractivity contribution < 1.29 is 4.52 Å². The standard InChI is InChI=1S/C17H20N6O.HI/c1-18-17(20-12-15-8-9-21-23(15)2)19-11-14-10-16(24-22-14)13-6-4-3-5-7-13;/h3-10H,11-12H2,1-2H3,(H2,18,19,20);1H. The lowest BCUT2D eigenvalue weighted by Crippen LogP contribution is -2.36. The molecule has 0 spiro atoms. The van der Waals surface area contributed by atoms with Gasteiger partial charge in [-0.2, -0.15) is 5.10 Å². The zero-order valence-corrected chi connectivity index (χ0v) is 16.5. The van der Waals surface area contributed by atoms with E-state index in [-0.39, 0.29) is 24.0 Å². The van der Waals surface area contributed by atoms with Gasteiger partial charge in [0, 0.05) is 31.9 Å². The molecule has 132 valence electrons. The van der Waals surface area contributed by atoms with Gasteiger partial charge in [-0.1, -0.05) is 35.5 Å². The number of aryl methyl sites for hydroxylation is 1. The smallest absolute Gasteiger partial charge is 0.191 e. The van der Waals surface area contributed by atoms with Crippen LogP contribution in [0.15, 0.2) is 58.2 Å². The predicted molar refractivity (Wildman–Crippen MR) is 108 cm³/mol. The van der Waals surface area contributed by atoms with Crippen LogP contribution in [-0.4, -0.2) is 27.9 Å². The molecule has 0 aliphatic carbocycles. The summed E-state index contributed by atoms with van der Waals surface area (Å²) in [6.07, 6.45) is 1.77. The highest BCUT2D eigenvalue weighted by molar-refractivity contribution is 14.0. The number of hydrogen-bond donors (Lipinski definition) is 2. The molecule has 0 saturated carbocycles. The second-order valence-corrected chi connectivity index (χ2v) is 5.27. The van der Waals surface area contributed by atoms with E-state index in [9.17, 15) is 0 Å². The van der Waals surface area contributed by atoms with Gasteiger partial charge >= 0.3 is 0 Å². The van der Waals surface area contributed by atoms with E-state index >= 15 is 0 Å². The number of aliphatic imine (C=N–C) groups is 1. The van der Waals surface area contributed by atoms with Gasteiger partial charge in [0.2, 0.25) is 0 Å². The molecule has 3 rings (SSSR count). The molecular formula is C17H21IN6O. The van der Waals surface area contributed by atoms with Gasteiger partial charge in [-0.25, -0.2) is 0 Å². The SMILES string of the molecule is CN=C(NCc1cc(-c2ccccc2)on1)NCc1ccnn1C.I. The minimum Gasteiger partial charge on any atom is -0.356 e. The molecule has 0 bridgehead atoms. The molecule has 8 heteroatoms. The Labute approximate surface area is 163 Å². The maximum Gasteiger partial charge on any atom is 0.191 e. The Morgan fingerprint density at radius 1 is 1.16 bits per heavy atom. The summed E-state index contributed by atoms with van der Waals surface area (Å²) >= 11 is 0. The summed E-state index contributed by atoms with van der Waals surface area (Å²) in [4.78, 5) is 4.20. The number of nitrogens with one attached hydrogen (secondary N) is 2. The summed E-state index contributed by atoms with van der Waals surface area (Å²) in [7, 11) is 3.64. The summed E-state index contributed by atoms with van der Waals surface area (Å²) in [6.45, 7) is 1.17. The minimum atomic E-state index is 0. The van der Waals surface area contributed by atoms with Gasteiger partial charge in [0.25, 0.3) is 0 Å². The highest BCUT2D eigenvalue weighted by Crippen LogP contribution is 2.19. The Balaban J connectivity index is 0.00000225. The second kappa shape index (κ2) is 9.21. The van der Waals surface area contributed by atoms with E-state index in [2.05, 4.69) is 25.9 Å². The van der Waals surface area contributed by atoms with Crippen molar-refractivity contribution in [1.82, 2.24) is 25.6 Å². The Morgan fingerprint density at radius 3 is 2.60 bits per heavy atom. The van der Waals surface area contributed by atoms with Crippen molar-refractivity contribution >= 4 is 29.9 Å². The fourth-order valence-electron chi connectivity index (χ4n) is 2.28. The van der Waals surface area contributed by atoms with E-state index in [1.165, 1.54) is 0 Å². The average Bonchev–Trinajstić information content (AvgIpc) is 3.25. The van der Waals surface area contributed by atoms with Crippen molar-refractivity contribution in [3.8, 4) is 11.3 Å². The number of guanidine groups is 1. The van der Waals surface area contributed by atoms with Gasteiger partial charge in [-0.05, 0) is 6.07 Å². The Hall–Kier alpha value is -2.36. The maximum atomic E-state index is 5.39. The lowest BCUT2D eigenvalue weighted by atomic mass is 10.2. The number of nitrogens with zero attached hydrogens (tertiary/aromatic N) is 4. The summed E-state index contributed by atoms with van der Waals surface area (Å²) < 4.78 is 7.21. The third-order valence-corrected chi connectivity index (χ3v) is 3.64. The zero-order chi connectivity index (χ0) is 16.8. The third kappa shape index (κ3) is 5.05. The molecule has 7 nitrogen and oxygen atoms in total. The quantitative estimate of drug-likeness (QED) is 0.354. The first-order valence-corrected chi connectivity index (χ1v) is 7.68. The van der Waals surface area contributed by atoms with Crippen molar-refractivity contribution in [2.24, 2.45) is 12.0 Å². The largest absolute Gasteiger partial charge is 0.356 e. The first kappa shape index (κ1) is 19.0. The molecule has 0 radical (unpaired) electrons. The predicted octanol–water partition coefficient (Wildman–Crippen LogP) is 2.56. The highest BCUT2D eigenvalue weighted by Gasteiger charge is 2.07. The van der Waals surface area contributed by atoms with Crippen LogP contribution in [0.2, 0.25) is 0 Å². The van der Waals surface area contributed by atoms with E-state index in [1.807, 2.05) is 54.2 Å². The van der Waals surface area contributed by atoms with Crippen molar-refractivity contribution in [2.45, 2.75) is 13.1 Å². The average molecular weight is 452 g/mol. The fraction of sp³-hybridized carbons (Fsp3) is 0.235. The van der Waals surface area contributed by atoms with Gasteiger partial charge in [-0.15, -0.1) is 24.0 Å². The van der Waals surface area contributed by atoms with E-state index in [4.69, 9.17) is 4.52 Å². The summed E-state index contributed by atoms with van der Waals surface area (Å²) in [5.41, 5.74) is 2.90. The molecule has 0 aliphatic rings. The van der Waals surface area contributed by atoms with Crippen molar-refractivity contribution in [3.05, 3.63) is 60.0 Å². The molecule has 2 N–H and O–H groups in total. The van der Waals surface area contributed by atoms with Crippen LogP contribution < -0.4 is 10.6 Å². The summed E-state index contributed by atoms with van der Waals surface area (Å²) in [5.74, 6) is 1.45. The van der Waals surface area contributed by atoms with Crippen LogP contribution in [0.5, 0.6) is 0 Å². The number of rotatable bonds is 5. The van der Waals surface area contributed by atoms with Crippen LogP contribution in [0.4, 0.5) is 0 Å². The number of aromatic nitrogens is 3. The van der Waals surface area contributed by atoms with Crippen LogP contribution in [0, 0.1) is 0 Å². The number of benzene rings is 1. The van der Waals surface area contributed by atoms with Gasteiger partial charge < -0.3 is 15.2 Å². The summed E-state index contributed by atoms with van der Waals surface area (Å²) in [5, 5.41) is 14.7. The zero-order valence-electron chi connectivity index (χ0n) is 14.1. The molecule has 0 fully saturated rings. The fourth-order valence-corrected chi connectivity index (χ4v) is 2.28. The van der Waals surface area contributed by atoms with Crippen LogP contribution in [0.3, 0.4) is 0 Å². The highest BCUT2D eigenvalue weighted by atomic mass is 127. The van der Waals surface area contributed by atoms with Crippen molar-refractivity contribution in [1.29, 1.82) is 0 Å². The maximum absolute atomic E-state index is 5.39. The molecule has 25 heavy (non-hydrogen) atoms. The lowest BCUT2D eigenvalue weighted by molar-refractivity contribution is 0.422. The van der Waals surface area contributed by atoms with Gasteiger partial charge in [-0.3, -0.25) is 9.67 Å². The van der Waals surface area contributed by atoms with Crippen LogP contribution >= 0.6 is 24.0 Å². The Kier molecular flexibility index (Phi) is 6.99. The lowest BCUT2D eigenvalue weighted by Gasteiger charge is -2.10. The van der Waals surface area contributed by atoms with Crippen LogP contribution in [0.25, 0.3) is 11.3 Å². The van der Waals surface area contributed by atoms with Crippen LogP contribution in [0.1, 0.15) is 11.4 Å².